The zero-order valence-corrected chi connectivity index (χ0v) is 10.7. The quantitative estimate of drug-likeness (QED) is 0.903. The molecule has 1 fully saturated rings. The maximum absolute atomic E-state index is 5.97. The molecule has 0 bridgehead atoms. The van der Waals surface area contributed by atoms with Gasteiger partial charge in [0.15, 0.2) is 0 Å². The summed E-state index contributed by atoms with van der Waals surface area (Å²) in [5, 5.41) is 0.685. The van der Waals surface area contributed by atoms with Crippen LogP contribution >= 0.6 is 11.6 Å². The van der Waals surface area contributed by atoms with Crippen LogP contribution in [0.4, 0.5) is 0 Å². The van der Waals surface area contributed by atoms with Gasteiger partial charge >= 0.3 is 0 Å². The first-order valence-electron chi connectivity index (χ1n) is 5.96. The summed E-state index contributed by atoms with van der Waals surface area (Å²) in [7, 11) is 0. The van der Waals surface area contributed by atoms with E-state index < -0.39 is 0 Å². The van der Waals surface area contributed by atoms with Crippen LogP contribution in [0.2, 0.25) is 5.02 Å². The van der Waals surface area contributed by atoms with Gasteiger partial charge in [0, 0.05) is 23.2 Å². The highest BCUT2D eigenvalue weighted by Crippen LogP contribution is 2.29. The van der Waals surface area contributed by atoms with E-state index in [4.69, 9.17) is 26.8 Å². The summed E-state index contributed by atoms with van der Waals surface area (Å²) in [5.41, 5.74) is 6.87. The summed E-state index contributed by atoms with van der Waals surface area (Å²) in [6.45, 7) is 3.41. The zero-order chi connectivity index (χ0) is 12.3. The fourth-order valence-electron chi connectivity index (χ4n) is 1.97. The highest BCUT2D eigenvalue weighted by atomic mass is 35.5. The van der Waals surface area contributed by atoms with Gasteiger partial charge in [-0.05, 0) is 38.0 Å². The summed E-state index contributed by atoms with van der Waals surface area (Å²) in [6, 6.07) is 5.49. The van der Waals surface area contributed by atoms with E-state index in [-0.39, 0.29) is 12.1 Å². The van der Waals surface area contributed by atoms with Crippen LogP contribution in [0.5, 0.6) is 5.75 Å². The molecule has 0 saturated carbocycles. The summed E-state index contributed by atoms with van der Waals surface area (Å²) < 4.78 is 11.3. The van der Waals surface area contributed by atoms with Crippen molar-refractivity contribution in [2.45, 2.75) is 31.9 Å². The molecular formula is C13H18ClNO2. The molecule has 1 saturated heterocycles. The smallest absolute Gasteiger partial charge is 0.124 e. The second-order valence-corrected chi connectivity index (χ2v) is 4.86. The van der Waals surface area contributed by atoms with Crippen LogP contribution in [0.3, 0.4) is 0 Å². The van der Waals surface area contributed by atoms with Crippen molar-refractivity contribution in [2.75, 3.05) is 13.2 Å². The fraction of sp³-hybridized carbons (Fsp3) is 0.538. The van der Waals surface area contributed by atoms with Crippen LogP contribution < -0.4 is 10.5 Å². The fourth-order valence-corrected chi connectivity index (χ4v) is 2.15. The predicted octanol–water partition coefficient (Wildman–Crippen LogP) is 2.92. The summed E-state index contributed by atoms with van der Waals surface area (Å²) in [6.07, 6.45) is 2.20. The topological polar surface area (TPSA) is 44.5 Å². The molecule has 3 nitrogen and oxygen atoms in total. The lowest BCUT2D eigenvalue weighted by molar-refractivity contribution is 0.00694. The Bertz CT molecular complexity index is 376. The minimum atomic E-state index is -0.0896. The van der Waals surface area contributed by atoms with E-state index in [2.05, 4.69) is 0 Å². The molecule has 1 aromatic rings. The Morgan fingerprint density at radius 2 is 2.35 bits per heavy atom. The average molecular weight is 256 g/mol. The molecular weight excluding hydrogens is 238 g/mol. The van der Waals surface area contributed by atoms with E-state index in [9.17, 15) is 0 Å². The molecule has 1 aromatic carbocycles. The van der Waals surface area contributed by atoms with Gasteiger partial charge in [-0.1, -0.05) is 11.6 Å². The SMILES string of the molecule is C[C@@H](N)c1cc(Cl)ccc1OC1CCCOC1. The van der Waals surface area contributed by atoms with Gasteiger partial charge in [0.05, 0.1) is 6.61 Å². The number of benzene rings is 1. The first-order valence-corrected chi connectivity index (χ1v) is 6.34. The molecule has 2 atom stereocenters. The second-order valence-electron chi connectivity index (χ2n) is 4.43. The van der Waals surface area contributed by atoms with Crippen LogP contribution in [-0.2, 0) is 4.74 Å². The van der Waals surface area contributed by atoms with Gasteiger partial charge in [-0.15, -0.1) is 0 Å². The lowest BCUT2D eigenvalue weighted by Gasteiger charge is -2.25. The van der Waals surface area contributed by atoms with Gasteiger partial charge in [-0.2, -0.15) is 0 Å². The summed E-state index contributed by atoms with van der Waals surface area (Å²) in [5.74, 6) is 0.819. The second kappa shape index (κ2) is 5.71. The van der Waals surface area contributed by atoms with E-state index >= 15 is 0 Å². The molecule has 1 aliphatic rings. The number of rotatable bonds is 3. The Morgan fingerprint density at radius 1 is 1.53 bits per heavy atom. The van der Waals surface area contributed by atoms with Crippen LogP contribution in [0.15, 0.2) is 18.2 Å². The number of ether oxygens (including phenoxy) is 2. The van der Waals surface area contributed by atoms with Crippen molar-refractivity contribution in [2.24, 2.45) is 5.73 Å². The Balaban J connectivity index is 2.13. The van der Waals surface area contributed by atoms with E-state index in [1.165, 1.54) is 0 Å². The first kappa shape index (κ1) is 12.7. The van der Waals surface area contributed by atoms with Crippen molar-refractivity contribution in [3.63, 3.8) is 0 Å². The van der Waals surface area contributed by atoms with Gasteiger partial charge < -0.3 is 15.2 Å². The number of nitrogens with two attached hydrogens (primary N) is 1. The van der Waals surface area contributed by atoms with Crippen molar-refractivity contribution in [3.05, 3.63) is 28.8 Å². The average Bonchev–Trinajstić information content (AvgIpc) is 2.32. The third kappa shape index (κ3) is 3.35. The molecule has 0 aliphatic carbocycles. The third-order valence-corrected chi connectivity index (χ3v) is 3.11. The van der Waals surface area contributed by atoms with Crippen molar-refractivity contribution >= 4 is 11.6 Å². The molecule has 1 heterocycles. The molecule has 0 amide bonds. The van der Waals surface area contributed by atoms with Gasteiger partial charge in [0.25, 0.3) is 0 Å². The van der Waals surface area contributed by atoms with Gasteiger partial charge in [0.2, 0.25) is 0 Å². The zero-order valence-electron chi connectivity index (χ0n) is 9.99. The van der Waals surface area contributed by atoms with Crippen LogP contribution in [0.25, 0.3) is 0 Å². The summed E-state index contributed by atoms with van der Waals surface area (Å²) in [4.78, 5) is 0. The molecule has 17 heavy (non-hydrogen) atoms. The minimum absolute atomic E-state index is 0.0896. The largest absolute Gasteiger partial charge is 0.488 e. The van der Waals surface area contributed by atoms with Crippen molar-refractivity contribution in [1.29, 1.82) is 0 Å². The lowest BCUT2D eigenvalue weighted by Crippen LogP contribution is -2.28. The predicted molar refractivity (Wildman–Crippen MR) is 68.5 cm³/mol. The van der Waals surface area contributed by atoms with E-state index in [1.54, 1.807) is 0 Å². The number of hydrogen-bond acceptors (Lipinski definition) is 3. The molecule has 0 aromatic heterocycles. The highest BCUT2D eigenvalue weighted by Gasteiger charge is 2.18. The van der Waals surface area contributed by atoms with Gasteiger partial charge in [-0.25, -0.2) is 0 Å². The van der Waals surface area contributed by atoms with E-state index in [1.807, 2.05) is 25.1 Å². The Morgan fingerprint density at radius 3 is 3.00 bits per heavy atom. The van der Waals surface area contributed by atoms with E-state index in [0.29, 0.717) is 11.6 Å². The maximum Gasteiger partial charge on any atom is 0.124 e. The number of hydrogen-bond donors (Lipinski definition) is 1. The van der Waals surface area contributed by atoms with Crippen molar-refractivity contribution < 1.29 is 9.47 Å². The molecule has 2 N–H and O–H groups in total. The maximum atomic E-state index is 5.97. The van der Waals surface area contributed by atoms with Gasteiger partial charge in [0.1, 0.15) is 11.9 Å². The van der Waals surface area contributed by atoms with Crippen molar-refractivity contribution in [1.82, 2.24) is 0 Å². The Hall–Kier alpha value is -0.770. The molecule has 2 rings (SSSR count). The van der Waals surface area contributed by atoms with Gasteiger partial charge in [-0.3, -0.25) is 0 Å². The summed E-state index contributed by atoms with van der Waals surface area (Å²) >= 11 is 5.97. The molecule has 94 valence electrons. The molecule has 1 aliphatic heterocycles. The normalized spacial score (nSPS) is 22.2. The highest BCUT2D eigenvalue weighted by molar-refractivity contribution is 6.30. The number of halogens is 1. The van der Waals surface area contributed by atoms with E-state index in [0.717, 1.165) is 30.8 Å². The molecule has 1 unspecified atom stereocenters. The Labute approximate surface area is 107 Å². The van der Waals surface area contributed by atoms with Crippen molar-refractivity contribution in [3.8, 4) is 5.75 Å². The lowest BCUT2D eigenvalue weighted by atomic mass is 10.1. The first-order chi connectivity index (χ1) is 8.16. The molecule has 0 radical (unpaired) electrons. The Kier molecular flexibility index (Phi) is 4.26. The van der Waals surface area contributed by atoms with Crippen LogP contribution in [0.1, 0.15) is 31.4 Å². The van der Waals surface area contributed by atoms with Crippen LogP contribution in [-0.4, -0.2) is 19.3 Å². The minimum Gasteiger partial charge on any atom is -0.488 e. The van der Waals surface area contributed by atoms with Crippen LogP contribution in [0, 0.1) is 0 Å². The molecule has 4 heteroatoms. The molecule has 0 spiro atoms. The monoisotopic (exact) mass is 255 g/mol. The third-order valence-electron chi connectivity index (χ3n) is 2.87. The standard InChI is InChI=1S/C13H18ClNO2/c1-9(15)12-7-10(14)4-5-13(12)17-11-3-2-6-16-8-11/h4-5,7,9,11H,2-3,6,8,15H2,1H3/t9-,11?/m1/s1.